The summed E-state index contributed by atoms with van der Waals surface area (Å²) in [4.78, 5) is 20.2. The van der Waals surface area contributed by atoms with Gasteiger partial charge in [0.15, 0.2) is 0 Å². The van der Waals surface area contributed by atoms with Crippen molar-refractivity contribution in [3.8, 4) is 5.75 Å². The number of hydrogen-bond donors (Lipinski definition) is 0. The Morgan fingerprint density at radius 3 is 2.31 bits per heavy atom. The summed E-state index contributed by atoms with van der Waals surface area (Å²) < 4.78 is 5.98. The summed E-state index contributed by atoms with van der Waals surface area (Å²) in [7, 11) is 0. The van der Waals surface area contributed by atoms with Crippen LogP contribution in [0, 0.1) is 0 Å². The molecule has 4 rings (SSSR count). The van der Waals surface area contributed by atoms with Crippen molar-refractivity contribution in [2.24, 2.45) is 4.99 Å². The van der Waals surface area contributed by atoms with E-state index in [9.17, 15) is 4.79 Å². The molecule has 6 heteroatoms. The molecule has 4 nitrogen and oxygen atoms in total. The third kappa shape index (κ3) is 4.36. The molecule has 0 N–H and O–H groups in total. The van der Waals surface area contributed by atoms with E-state index < -0.39 is 0 Å². The smallest absolute Gasteiger partial charge is 0.310 e. The molecule has 3 aromatic rings. The Labute approximate surface area is 178 Å². The predicted octanol–water partition coefficient (Wildman–Crippen LogP) is 5.88. The fourth-order valence-corrected chi connectivity index (χ4v) is 3.37. The summed E-state index contributed by atoms with van der Waals surface area (Å²) in [6, 6.07) is 24.4. The highest BCUT2D eigenvalue weighted by Gasteiger charge is 2.33. The number of amidine groups is 1. The summed E-state index contributed by atoms with van der Waals surface area (Å²) in [6.45, 7) is 0. The SMILES string of the molecule is CSc1ccc(OC2=N/C(=C\c3ccccc3)C(=O)N2c2ccc(Cl)cc2)cc1. The van der Waals surface area contributed by atoms with Gasteiger partial charge in [0, 0.05) is 9.92 Å². The lowest BCUT2D eigenvalue weighted by Crippen LogP contribution is -2.35. The van der Waals surface area contributed by atoms with Crippen LogP contribution in [-0.2, 0) is 4.79 Å². The monoisotopic (exact) mass is 420 g/mol. The minimum Gasteiger partial charge on any atom is -0.425 e. The lowest BCUT2D eigenvalue weighted by Gasteiger charge is -2.18. The zero-order valence-electron chi connectivity index (χ0n) is 15.6. The number of carbonyl (C=O) groups excluding carboxylic acids is 1. The number of nitrogens with zero attached hydrogens (tertiary/aromatic N) is 2. The Morgan fingerprint density at radius 1 is 0.966 bits per heavy atom. The van der Waals surface area contributed by atoms with Crippen LogP contribution in [0.25, 0.3) is 6.08 Å². The zero-order chi connectivity index (χ0) is 20.2. The van der Waals surface area contributed by atoms with Gasteiger partial charge in [0.25, 0.3) is 5.91 Å². The van der Waals surface area contributed by atoms with Gasteiger partial charge in [-0.05, 0) is 66.4 Å². The topological polar surface area (TPSA) is 41.9 Å². The van der Waals surface area contributed by atoms with Crippen molar-refractivity contribution in [2.45, 2.75) is 4.90 Å². The standard InChI is InChI=1S/C23H17ClN2O2S/c1-29-20-13-11-19(12-14-20)28-23-25-21(15-16-5-3-2-4-6-16)22(27)26(23)18-9-7-17(24)8-10-18/h2-15H,1H3/b21-15-. The maximum Gasteiger partial charge on any atom is 0.310 e. The lowest BCUT2D eigenvalue weighted by molar-refractivity contribution is -0.113. The van der Waals surface area contributed by atoms with E-state index in [1.165, 1.54) is 4.90 Å². The van der Waals surface area contributed by atoms with Gasteiger partial charge in [-0.25, -0.2) is 4.90 Å². The molecule has 3 aromatic carbocycles. The number of ether oxygens (including phenoxy) is 1. The summed E-state index contributed by atoms with van der Waals surface area (Å²) in [5.41, 5.74) is 1.83. The summed E-state index contributed by atoms with van der Waals surface area (Å²) >= 11 is 7.66. The van der Waals surface area contributed by atoms with Crippen molar-refractivity contribution < 1.29 is 9.53 Å². The Kier molecular flexibility index (Phi) is 5.69. The van der Waals surface area contributed by atoms with Crippen LogP contribution in [0.2, 0.25) is 5.02 Å². The van der Waals surface area contributed by atoms with Crippen molar-refractivity contribution in [3.63, 3.8) is 0 Å². The van der Waals surface area contributed by atoms with E-state index in [-0.39, 0.29) is 11.9 Å². The first-order chi connectivity index (χ1) is 14.1. The molecule has 0 spiro atoms. The second-order valence-corrected chi connectivity index (χ2v) is 7.55. The van der Waals surface area contributed by atoms with E-state index in [0.717, 1.165) is 10.5 Å². The number of hydrogen-bond acceptors (Lipinski definition) is 4. The number of amides is 1. The van der Waals surface area contributed by atoms with Crippen LogP contribution >= 0.6 is 23.4 Å². The molecule has 0 saturated carbocycles. The van der Waals surface area contributed by atoms with Crippen molar-refractivity contribution in [1.29, 1.82) is 0 Å². The van der Waals surface area contributed by atoms with E-state index in [1.54, 1.807) is 42.1 Å². The summed E-state index contributed by atoms with van der Waals surface area (Å²) in [5.74, 6) is 0.348. The molecule has 1 aliphatic rings. The van der Waals surface area contributed by atoms with Crippen LogP contribution < -0.4 is 9.64 Å². The van der Waals surface area contributed by atoms with Crippen LogP contribution in [0.4, 0.5) is 5.69 Å². The molecular weight excluding hydrogens is 404 g/mol. The van der Waals surface area contributed by atoms with E-state index in [4.69, 9.17) is 16.3 Å². The maximum absolute atomic E-state index is 13.1. The Bertz CT molecular complexity index is 1080. The van der Waals surface area contributed by atoms with Gasteiger partial charge in [-0.15, -0.1) is 11.8 Å². The minimum absolute atomic E-state index is 0.205. The third-order valence-corrected chi connectivity index (χ3v) is 5.28. The van der Waals surface area contributed by atoms with Crippen molar-refractivity contribution in [2.75, 3.05) is 11.2 Å². The normalized spacial score (nSPS) is 15.0. The Morgan fingerprint density at radius 2 is 1.66 bits per heavy atom. The van der Waals surface area contributed by atoms with Gasteiger partial charge in [-0.1, -0.05) is 41.9 Å². The number of aliphatic imine (C=N–C) groups is 1. The number of rotatable bonds is 4. The van der Waals surface area contributed by atoms with Gasteiger partial charge >= 0.3 is 6.02 Å². The quantitative estimate of drug-likeness (QED) is 0.390. The average Bonchev–Trinajstić information content (AvgIpc) is 3.05. The molecule has 144 valence electrons. The molecule has 0 radical (unpaired) electrons. The van der Waals surface area contributed by atoms with Crippen LogP contribution in [0.3, 0.4) is 0 Å². The molecule has 0 aromatic heterocycles. The van der Waals surface area contributed by atoms with E-state index in [1.807, 2.05) is 60.9 Å². The molecule has 1 aliphatic heterocycles. The van der Waals surface area contributed by atoms with Crippen molar-refractivity contribution in [1.82, 2.24) is 0 Å². The fourth-order valence-electron chi connectivity index (χ4n) is 2.84. The molecule has 0 unspecified atom stereocenters. The maximum atomic E-state index is 13.1. The first-order valence-electron chi connectivity index (χ1n) is 8.91. The average molecular weight is 421 g/mol. The predicted molar refractivity (Wildman–Crippen MR) is 120 cm³/mol. The van der Waals surface area contributed by atoms with Crippen LogP contribution in [-0.4, -0.2) is 18.2 Å². The van der Waals surface area contributed by atoms with E-state index in [2.05, 4.69) is 4.99 Å². The van der Waals surface area contributed by atoms with Crippen LogP contribution in [0.1, 0.15) is 5.56 Å². The number of carbonyl (C=O) groups is 1. The van der Waals surface area contributed by atoms with Gasteiger partial charge in [0.2, 0.25) is 0 Å². The second-order valence-electron chi connectivity index (χ2n) is 6.23. The Hall–Kier alpha value is -3.02. The highest BCUT2D eigenvalue weighted by atomic mass is 35.5. The van der Waals surface area contributed by atoms with Gasteiger partial charge in [0.1, 0.15) is 11.4 Å². The summed E-state index contributed by atoms with van der Waals surface area (Å²) in [6.07, 6.45) is 3.76. The minimum atomic E-state index is -0.257. The number of benzene rings is 3. The summed E-state index contributed by atoms with van der Waals surface area (Å²) in [5, 5.41) is 0.590. The Balaban J connectivity index is 1.71. The zero-order valence-corrected chi connectivity index (χ0v) is 17.2. The number of halogens is 1. The molecule has 0 atom stereocenters. The molecule has 0 fully saturated rings. The van der Waals surface area contributed by atoms with Crippen LogP contribution in [0.5, 0.6) is 5.75 Å². The van der Waals surface area contributed by atoms with Crippen molar-refractivity contribution >= 4 is 47.1 Å². The van der Waals surface area contributed by atoms with Crippen LogP contribution in [0.15, 0.2) is 94.4 Å². The van der Waals surface area contributed by atoms with E-state index in [0.29, 0.717) is 22.2 Å². The van der Waals surface area contributed by atoms with Crippen molar-refractivity contribution in [3.05, 3.63) is 95.1 Å². The highest BCUT2D eigenvalue weighted by molar-refractivity contribution is 7.98. The largest absolute Gasteiger partial charge is 0.425 e. The highest BCUT2D eigenvalue weighted by Crippen LogP contribution is 2.28. The second kappa shape index (κ2) is 8.55. The van der Waals surface area contributed by atoms with Gasteiger partial charge < -0.3 is 4.74 Å². The molecule has 29 heavy (non-hydrogen) atoms. The fraction of sp³-hybridized carbons (Fsp3) is 0.0435. The molecule has 0 aliphatic carbocycles. The number of thioether (sulfide) groups is 1. The molecule has 0 saturated heterocycles. The molecular formula is C23H17ClN2O2S. The third-order valence-electron chi connectivity index (χ3n) is 4.29. The first kappa shape index (κ1) is 19.3. The van der Waals surface area contributed by atoms with Gasteiger partial charge in [-0.3, -0.25) is 4.79 Å². The molecule has 1 amide bonds. The molecule has 1 heterocycles. The van der Waals surface area contributed by atoms with Gasteiger partial charge in [-0.2, -0.15) is 4.99 Å². The van der Waals surface area contributed by atoms with Gasteiger partial charge in [0.05, 0.1) is 5.69 Å². The van der Waals surface area contributed by atoms with E-state index >= 15 is 0 Å². The molecule has 0 bridgehead atoms. The lowest BCUT2D eigenvalue weighted by atomic mass is 10.2. The first-order valence-corrected chi connectivity index (χ1v) is 10.5. The number of anilines is 1.